The van der Waals surface area contributed by atoms with Crippen LogP contribution in [0.5, 0.6) is 0 Å². The molecule has 2 aromatic rings. The van der Waals surface area contributed by atoms with E-state index < -0.39 is 0 Å². The zero-order chi connectivity index (χ0) is 17.6. The van der Waals surface area contributed by atoms with Crippen molar-refractivity contribution < 1.29 is 9.59 Å². The molecule has 0 unspecified atom stereocenters. The van der Waals surface area contributed by atoms with Crippen LogP contribution in [0.15, 0.2) is 60.7 Å². The first-order valence-corrected chi connectivity index (χ1v) is 8.81. The highest BCUT2D eigenvalue weighted by Crippen LogP contribution is 2.24. The molecule has 0 saturated carbocycles. The van der Waals surface area contributed by atoms with E-state index in [2.05, 4.69) is 5.32 Å². The van der Waals surface area contributed by atoms with Crippen LogP contribution in [0.3, 0.4) is 0 Å². The van der Waals surface area contributed by atoms with Gasteiger partial charge in [-0.05, 0) is 24.0 Å². The van der Waals surface area contributed by atoms with Crippen molar-refractivity contribution in [2.45, 2.75) is 25.8 Å². The van der Waals surface area contributed by atoms with E-state index in [4.69, 9.17) is 0 Å². The molecule has 2 aromatic carbocycles. The SMILES string of the molecule is CC(=O)N1CCC(C(=O)NC(c2ccccc2)c2ccccc2)CC1. The third kappa shape index (κ3) is 4.27. The fraction of sp³-hybridized carbons (Fsp3) is 0.333. The van der Waals surface area contributed by atoms with Crippen molar-refractivity contribution >= 4 is 11.8 Å². The molecule has 1 heterocycles. The van der Waals surface area contributed by atoms with E-state index in [1.54, 1.807) is 6.92 Å². The van der Waals surface area contributed by atoms with Crippen LogP contribution in [0.4, 0.5) is 0 Å². The highest BCUT2D eigenvalue weighted by atomic mass is 16.2. The summed E-state index contributed by atoms with van der Waals surface area (Å²) in [5, 5.41) is 3.22. The molecule has 2 amide bonds. The number of benzene rings is 2. The van der Waals surface area contributed by atoms with E-state index in [0.717, 1.165) is 24.0 Å². The average Bonchev–Trinajstić information content (AvgIpc) is 2.67. The maximum atomic E-state index is 12.8. The monoisotopic (exact) mass is 336 g/mol. The first kappa shape index (κ1) is 17.2. The van der Waals surface area contributed by atoms with E-state index in [-0.39, 0.29) is 23.8 Å². The minimum absolute atomic E-state index is 0.0366. The van der Waals surface area contributed by atoms with Gasteiger partial charge in [0.1, 0.15) is 0 Å². The van der Waals surface area contributed by atoms with Crippen molar-refractivity contribution in [1.29, 1.82) is 0 Å². The Labute approximate surface area is 148 Å². The summed E-state index contributed by atoms with van der Waals surface area (Å²) in [4.78, 5) is 26.1. The van der Waals surface area contributed by atoms with Crippen molar-refractivity contribution in [3.63, 3.8) is 0 Å². The van der Waals surface area contributed by atoms with Gasteiger partial charge in [-0.25, -0.2) is 0 Å². The standard InChI is InChI=1S/C21H24N2O2/c1-16(24)23-14-12-19(13-15-23)21(25)22-20(17-8-4-2-5-9-17)18-10-6-3-7-11-18/h2-11,19-20H,12-15H2,1H3,(H,22,25). The van der Waals surface area contributed by atoms with Gasteiger partial charge < -0.3 is 10.2 Å². The van der Waals surface area contributed by atoms with Gasteiger partial charge in [0, 0.05) is 25.9 Å². The quantitative estimate of drug-likeness (QED) is 0.932. The molecular weight excluding hydrogens is 312 g/mol. The van der Waals surface area contributed by atoms with E-state index in [1.807, 2.05) is 65.6 Å². The van der Waals surface area contributed by atoms with Gasteiger partial charge in [0.05, 0.1) is 6.04 Å². The largest absolute Gasteiger partial charge is 0.345 e. The van der Waals surface area contributed by atoms with Gasteiger partial charge in [-0.1, -0.05) is 60.7 Å². The molecule has 1 saturated heterocycles. The molecule has 130 valence electrons. The lowest BCUT2D eigenvalue weighted by molar-refractivity contribution is -0.134. The molecule has 0 aliphatic carbocycles. The topological polar surface area (TPSA) is 49.4 Å². The minimum atomic E-state index is -0.152. The van der Waals surface area contributed by atoms with Crippen LogP contribution in [0.25, 0.3) is 0 Å². The number of amides is 2. The molecule has 0 bridgehead atoms. The fourth-order valence-corrected chi connectivity index (χ4v) is 3.37. The zero-order valence-electron chi connectivity index (χ0n) is 14.5. The van der Waals surface area contributed by atoms with Crippen LogP contribution in [0.2, 0.25) is 0 Å². The Morgan fingerprint density at radius 2 is 1.40 bits per heavy atom. The van der Waals surface area contributed by atoms with Gasteiger partial charge in [-0.15, -0.1) is 0 Å². The van der Waals surface area contributed by atoms with Crippen molar-refractivity contribution in [2.24, 2.45) is 5.92 Å². The lowest BCUT2D eigenvalue weighted by Gasteiger charge is -2.31. The van der Waals surface area contributed by atoms with Crippen LogP contribution < -0.4 is 5.32 Å². The van der Waals surface area contributed by atoms with Crippen LogP contribution in [-0.2, 0) is 9.59 Å². The van der Waals surface area contributed by atoms with Gasteiger partial charge >= 0.3 is 0 Å². The Morgan fingerprint density at radius 1 is 0.920 bits per heavy atom. The molecule has 0 radical (unpaired) electrons. The summed E-state index contributed by atoms with van der Waals surface area (Å²) in [5.74, 6) is 0.122. The molecule has 0 aromatic heterocycles. The third-order valence-corrected chi connectivity index (χ3v) is 4.86. The van der Waals surface area contributed by atoms with Crippen molar-refractivity contribution in [2.75, 3.05) is 13.1 Å². The second kappa shape index (κ2) is 7.97. The number of hydrogen-bond acceptors (Lipinski definition) is 2. The number of carbonyl (C=O) groups is 2. The van der Waals surface area contributed by atoms with Gasteiger partial charge in [0.25, 0.3) is 0 Å². The summed E-state index contributed by atoms with van der Waals surface area (Å²) in [6.07, 6.45) is 1.45. The number of carbonyl (C=O) groups excluding carboxylic acids is 2. The predicted octanol–water partition coefficient (Wildman–Crippen LogP) is 3.15. The van der Waals surface area contributed by atoms with Crippen LogP contribution >= 0.6 is 0 Å². The van der Waals surface area contributed by atoms with Crippen LogP contribution in [0, 0.1) is 5.92 Å². The van der Waals surface area contributed by atoms with Crippen molar-refractivity contribution in [1.82, 2.24) is 10.2 Å². The van der Waals surface area contributed by atoms with E-state index in [9.17, 15) is 9.59 Å². The van der Waals surface area contributed by atoms with E-state index in [0.29, 0.717) is 13.1 Å². The molecule has 4 heteroatoms. The lowest BCUT2D eigenvalue weighted by Crippen LogP contribution is -2.43. The highest BCUT2D eigenvalue weighted by molar-refractivity contribution is 5.80. The van der Waals surface area contributed by atoms with Crippen molar-refractivity contribution in [3.05, 3.63) is 71.8 Å². The predicted molar refractivity (Wildman–Crippen MR) is 97.8 cm³/mol. The normalized spacial score (nSPS) is 15.2. The fourth-order valence-electron chi connectivity index (χ4n) is 3.37. The van der Waals surface area contributed by atoms with Crippen molar-refractivity contribution in [3.8, 4) is 0 Å². The molecule has 3 rings (SSSR count). The van der Waals surface area contributed by atoms with Crippen LogP contribution in [-0.4, -0.2) is 29.8 Å². The van der Waals surface area contributed by atoms with Gasteiger partial charge in [-0.2, -0.15) is 0 Å². The smallest absolute Gasteiger partial charge is 0.223 e. The Hall–Kier alpha value is -2.62. The number of nitrogens with one attached hydrogen (secondary N) is 1. The second-order valence-corrected chi connectivity index (χ2v) is 6.54. The van der Waals surface area contributed by atoms with Gasteiger partial charge in [0.2, 0.25) is 11.8 Å². The lowest BCUT2D eigenvalue weighted by atomic mass is 9.93. The van der Waals surface area contributed by atoms with Crippen LogP contribution in [0.1, 0.15) is 36.9 Å². The maximum Gasteiger partial charge on any atom is 0.223 e. The maximum absolute atomic E-state index is 12.8. The second-order valence-electron chi connectivity index (χ2n) is 6.54. The average molecular weight is 336 g/mol. The highest BCUT2D eigenvalue weighted by Gasteiger charge is 2.28. The molecule has 0 spiro atoms. The molecular formula is C21H24N2O2. The Kier molecular flexibility index (Phi) is 5.49. The minimum Gasteiger partial charge on any atom is -0.345 e. The Balaban J connectivity index is 1.73. The summed E-state index contributed by atoms with van der Waals surface area (Å²) in [6.45, 7) is 2.91. The summed E-state index contributed by atoms with van der Waals surface area (Å²) in [7, 11) is 0. The molecule has 25 heavy (non-hydrogen) atoms. The zero-order valence-corrected chi connectivity index (χ0v) is 14.5. The number of nitrogens with zero attached hydrogens (tertiary/aromatic N) is 1. The summed E-state index contributed by atoms with van der Waals surface area (Å²) in [6, 6.07) is 19.9. The molecule has 4 nitrogen and oxygen atoms in total. The Bertz CT molecular complexity index is 668. The molecule has 1 aliphatic heterocycles. The number of rotatable bonds is 4. The summed E-state index contributed by atoms with van der Waals surface area (Å²) in [5.41, 5.74) is 2.14. The molecule has 1 N–H and O–H groups in total. The molecule has 1 aliphatic rings. The summed E-state index contributed by atoms with van der Waals surface area (Å²) >= 11 is 0. The van der Waals surface area contributed by atoms with E-state index >= 15 is 0 Å². The molecule has 1 fully saturated rings. The number of hydrogen-bond donors (Lipinski definition) is 1. The molecule has 0 atom stereocenters. The first-order valence-electron chi connectivity index (χ1n) is 8.81. The number of piperidine rings is 1. The number of likely N-dealkylation sites (tertiary alicyclic amines) is 1. The summed E-state index contributed by atoms with van der Waals surface area (Å²) < 4.78 is 0. The van der Waals surface area contributed by atoms with Gasteiger partial charge in [0.15, 0.2) is 0 Å². The third-order valence-electron chi connectivity index (χ3n) is 4.86. The van der Waals surface area contributed by atoms with E-state index in [1.165, 1.54) is 0 Å². The van der Waals surface area contributed by atoms with Gasteiger partial charge in [-0.3, -0.25) is 9.59 Å². The first-order chi connectivity index (χ1) is 12.1. The Morgan fingerprint density at radius 3 is 1.84 bits per heavy atom.